The first-order chi connectivity index (χ1) is 7.52. The zero-order valence-electron chi connectivity index (χ0n) is 8.53. The summed E-state index contributed by atoms with van der Waals surface area (Å²) in [4.78, 5) is 14.6. The maximum atomic E-state index is 12.0. The van der Waals surface area contributed by atoms with Gasteiger partial charge in [-0.1, -0.05) is 11.3 Å². The lowest BCUT2D eigenvalue weighted by atomic mass is 10.8. The Labute approximate surface area is 93.9 Å². The molecule has 1 rings (SSSR count). The Morgan fingerprint density at radius 2 is 2.25 bits per heavy atom. The summed E-state index contributed by atoms with van der Waals surface area (Å²) in [5.74, 6) is -0.412. The monoisotopic (exact) mass is 253 g/mol. The van der Waals surface area contributed by atoms with Gasteiger partial charge in [-0.3, -0.25) is 0 Å². The molecule has 0 aliphatic carbocycles. The first kappa shape index (κ1) is 12.6. The molecule has 0 bridgehead atoms. The number of halogens is 2. The SMILES string of the molecule is CCOC(=O)Oc1sc(C)nc1OC(F)F. The molecular weight excluding hydrogens is 244 g/mol. The van der Waals surface area contributed by atoms with E-state index in [0.29, 0.717) is 5.01 Å². The Hall–Kier alpha value is -1.44. The first-order valence-corrected chi connectivity index (χ1v) is 5.11. The normalized spacial score (nSPS) is 10.3. The molecule has 1 aromatic rings. The maximum Gasteiger partial charge on any atom is 0.514 e. The molecule has 0 amide bonds. The zero-order chi connectivity index (χ0) is 12.1. The van der Waals surface area contributed by atoms with Crippen molar-refractivity contribution in [1.29, 1.82) is 0 Å². The number of carbonyl (C=O) groups excluding carboxylic acids is 1. The van der Waals surface area contributed by atoms with Gasteiger partial charge in [0.1, 0.15) is 0 Å². The van der Waals surface area contributed by atoms with E-state index in [0.717, 1.165) is 11.3 Å². The number of ether oxygens (including phenoxy) is 3. The van der Waals surface area contributed by atoms with Crippen LogP contribution in [0, 0.1) is 6.92 Å². The van der Waals surface area contributed by atoms with Gasteiger partial charge >= 0.3 is 12.8 Å². The summed E-state index contributed by atoms with van der Waals surface area (Å²) in [6, 6.07) is 0. The molecule has 0 saturated heterocycles. The van der Waals surface area contributed by atoms with E-state index in [9.17, 15) is 13.6 Å². The highest BCUT2D eigenvalue weighted by atomic mass is 32.1. The lowest BCUT2D eigenvalue weighted by molar-refractivity contribution is -0.0540. The fraction of sp³-hybridized carbons (Fsp3) is 0.500. The standard InChI is InChI=1S/C8H9F2NO4S/c1-3-13-8(12)15-6-5(14-7(9)10)11-4(2)16-6/h7H,3H2,1-2H3. The second kappa shape index (κ2) is 5.59. The van der Waals surface area contributed by atoms with Crippen LogP contribution >= 0.6 is 11.3 Å². The topological polar surface area (TPSA) is 57.7 Å². The minimum atomic E-state index is -3.02. The van der Waals surface area contributed by atoms with Crippen LogP contribution in [0.3, 0.4) is 0 Å². The Balaban J connectivity index is 2.74. The summed E-state index contributed by atoms with van der Waals surface area (Å²) in [5, 5.41) is 0.297. The van der Waals surface area contributed by atoms with Gasteiger partial charge in [-0.25, -0.2) is 9.78 Å². The van der Waals surface area contributed by atoms with Gasteiger partial charge in [-0.05, 0) is 13.8 Å². The Bertz CT molecular complexity index is 369. The van der Waals surface area contributed by atoms with Crippen molar-refractivity contribution in [3.05, 3.63) is 5.01 Å². The van der Waals surface area contributed by atoms with Crippen molar-refractivity contribution in [3.8, 4) is 10.9 Å². The predicted molar refractivity (Wildman–Crippen MR) is 51.1 cm³/mol. The van der Waals surface area contributed by atoms with Crippen LogP contribution in [0.15, 0.2) is 0 Å². The zero-order valence-corrected chi connectivity index (χ0v) is 9.35. The summed E-state index contributed by atoms with van der Waals surface area (Å²) in [5.41, 5.74) is 0. The Morgan fingerprint density at radius 1 is 1.56 bits per heavy atom. The van der Waals surface area contributed by atoms with E-state index in [1.54, 1.807) is 13.8 Å². The van der Waals surface area contributed by atoms with Gasteiger partial charge in [0.05, 0.1) is 11.6 Å². The quantitative estimate of drug-likeness (QED) is 0.772. The minimum Gasteiger partial charge on any atom is -0.434 e. The highest BCUT2D eigenvalue weighted by molar-refractivity contribution is 7.13. The molecule has 0 fully saturated rings. The average Bonchev–Trinajstić information content (AvgIpc) is 2.45. The third-order valence-electron chi connectivity index (χ3n) is 1.31. The summed E-state index contributed by atoms with van der Waals surface area (Å²) < 4.78 is 37.1. The van der Waals surface area contributed by atoms with Crippen molar-refractivity contribution in [3.63, 3.8) is 0 Å². The van der Waals surface area contributed by atoms with E-state index in [1.807, 2.05) is 0 Å². The third kappa shape index (κ3) is 3.61. The van der Waals surface area contributed by atoms with E-state index in [4.69, 9.17) is 0 Å². The minimum absolute atomic E-state index is 0.127. The van der Waals surface area contributed by atoms with E-state index in [2.05, 4.69) is 19.2 Å². The van der Waals surface area contributed by atoms with E-state index in [1.165, 1.54) is 0 Å². The van der Waals surface area contributed by atoms with Crippen molar-refractivity contribution in [2.24, 2.45) is 0 Å². The summed E-state index contributed by atoms with van der Waals surface area (Å²) in [6.07, 6.45) is -0.981. The van der Waals surface area contributed by atoms with Gasteiger partial charge in [-0.2, -0.15) is 8.78 Å². The smallest absolute Gasteiger partial charge is 0.434 e. The third-order valence-corrected chi connectivity index (χ3v) is 2.14. The van der Waals surface area contributed by atoms with E-state index < -0.39 is 18.6 Å². The number of thiazole rings is 1. The van der Waals surface area contributed by atoms with Crippen LogP contribution in [0.4, 0.5) is 13.6 Å². The molecule has 8 heteroatoms. The predicted octanol–water partition coefficient (Wildman–Crippen LogP) is 2.59. The lowest BCUT2D eigenvalue weighted by Crippen LogP contribution is -2.11. The van der Waals surface area contributed by atoms with Crippen molar-refractivity contribution < 1.29 is 27.8 Å². The molecule has 0 atom stereocenters. The van der Waals surface area contributed by atoms with Crippen LogP contribution in [0.1, 0.15) is 11.9 Å². The van der Waals surface area contributed by atoms with Crippen LogP contribution in [-0.2, 0) is 4.74 Å². The van der Waals surface area contributed by atoms with Crippen LogP contribution in [0.2, 0.25) is 0 Å². The summed E-state index contributed by atoms with van der Waals surface area (Å²) >= 11 is 0.918. The fourth-order valence-electron chi connectivity index (χ4n) is 0.836. The van der Waals surface area contributed by atoms with Gasteiger partial charge < -0.3 is 14.2 Å². The molecule has 0 N–H and O–H groups in total. The molecule has 0 spiro atoms. The Kier molecular flexibility index (Phi) is 4.41. The number of carbonyl (C=O) groups is 1. The Morgan fingerprint density at radius 3 is 2.81 bits per heavy atom. The summed E-state index contributed by atoms with van der Waals surface area (Å²) in [6.45, 7) is 0.268. The number of aromatic nitrogens is 1. The molecule has 1 heterocycles. The molecule has 0 aromatic carbocycles. The molecule has 90 valence electrons. The first-order valence-electron chi connectivity index (χ1n) is 4.29. The van der Waals surface area contributed by atoms with Crippen molar-refractivity contribution >= 4 is 17.5 Å². The molecule has 5 nitrogen and oxygen atoms in total. The second-order valence-corrected chi connectivity index (χ2v) is 3.65. The molecular formula is C8H9F2NO4S. The van der Waals surface area contributed by atoms with Gasteiger partial charge in [0, 0.05) is 0 Å². The van der Waals surface area contributed by atoms with Gasteiger partial charge in [0.25, 0.3) is 10.9 Å². The number of rotatable bonds is 4. The largest absolute Gasteiger partial charge is 0.514 e. The summed E-state index contributed by atoms with van der Waals surface area (Å²) in [7, 11) is 0. The van der Waals surface area contributed by atoms with Crippen LogP contribution in [0.5, 0.6) is 10.9 Å². The van der Waals surface area contributed by atoms with Crippen LogP contribution in [0.25, 0.3) is 0 Å². The number of nitrogens with zero attached hydrogens (tertiary/aromatic N) is 1. The number of aryl methyl sites for hydroxylation is 1. The van der Waals surface area contributed by atoms with Gasteiger partial charge in [-0.15, -0.1) is 0 Å². The lowest BCUT2D eigenvalue weighted by Gasteiger charge is -2.04. The molecule has 0 aliphatic heterocycles. The maximum absolute atomic E-state index is 12.0. The molecule has 0 radical (unpaired) electrons. The second-order valence-electron chi connectivity index (χ2n) is 2.49. The molecule has 0 aliphatic rings. The van der Waals surface area contributed by atoms with Crippen LogP contribution in [-0.4, -0.2) is 24.4 Å². The van der Waals surface area contributed by atoms with Gasteiger partial charge in [0.2, 0.25) is 0 Å². The molecule has 16 heavy (non-hydrogen) atoms. The number of hydrogen-bond donors (Lipinski definition) is 0. The van der Waals surface area contributed by atoms with E-state index >= 15 is 0 Å². The van der Waals surface area contributed by atoms with Crippen molar-refractivity contribution in [2.45, 2.75) is 20.5 Å². The fourth-order valence-corrected chi connectivity index (χ4v) is 1.52. The van der Waals surface area contributed by atoms with Crippen molar-refractivity contribution in [1.82, 2.24) is 4.98 Å². The molecule has 0 saturated carbocycles. The molecule has 0 unspecified atom stereocenters. The number of hydrogen-bond acceptors (Lipinski definition) is 6. The molecule has 1 aromatic heterocycles. The van der Waals surface area contributed by atoms with E-state index in [-0.39, 0.29) is 11.7 Å². The van der Waals surface area contributed by atoms with Crippen LogP contribution < -0.4 is 9.47 Å². The number of alkyl halides is 2. The highest BCUT2D eigenvalue weighted by Gasteiger charge is 2.19. The highest BCUT2D eigenvalue weighted by Crippen LogP contribution is 2.34. The van der Waals surface area contributed by atoms with Crippen molar-refractivity contribution in [2.75, 3.05) is 6.61 Å². The van der Waals surface area contributed by atoms with Gasteiger partial charge in [0.15, 0.2) is 0 Å². The average molecular weight is 253 g/mol.